The first-order valence-corrected chi connectivity index (χ1v) is 10.0. The van der Waals surface area contributed by atoms with Crippen LogP contribution in [0.3, 0.4) is 0 Å². The summed E-state index contributed by atoms with van der Waals surface area (Å²) in [6, 6.07) is 11.6. The van der Waals surface area contributed by atoms with Gasteiger partial charge < -0.3 is 4.74 Å². The van der Waals surface area contributed by atoms with E-state index in [1.54, 1.807) is 24.3 Å². The van der Waals surface area contributed by atoms with Gasteiger partial charge in [-0.1, -0.05) is 32.9 Å². The van der Waals surface area contributed by atoms with Gasteiger partial charge in [0.25, 0.3) is 5.91 Å². The zero-order chi connectivity index (χ0) is 20.0. The van der Waals surface area contributed by atoms with E-state index < -0.39 is 21.6 Å². The number of fused-ring (bicyclic) bond motifs is 1. The van der Waals surface area contributed by atoms with Crippen LogP contribution < -0.4 is 9.64 Å². The Morgan fingerprint density at radius 1 is 1.22 bits per heavy atom. The molecule has 2 aromatic rings. The van der Waals surface area contributed by atoms with Gasteiger partial charge in [0, 0.05) is 11.1 Å². The van der Waals surface area contributed by atoms with Crippen LogP contribution in [0.15, 0.2) is 41.3 Å². The molecule has 0 saturated carbocycles. The molecule has 0 unspecified atom stereocenters. The first kappa shape index (κ1) is 18.9. The Hall–Kier alpha value is -2.85. The molecular weight excluding hydrogens is 364 g/mol. The molecule has 3 rings (SSSR count). The lowest BCUT2D eigenvalue weighted by molar-refractivity contribution is 0.0991. The first-order chi connectivity index (χ1) is 12.6. The summed E-state index contributed by atoms with van der Waals surface area (Å²) in [6.45, 7) is 5.86. The molecule has 27 heavy (non-hydrogen) atoms. The van der Waals surface area contributed by atoms with E-state index in [-0.39, 0.29) is 21.4 Å². The number of para-hydroxylation sites is 1. The number of anilines is 1. The molecule has 0 atom stereocenters. The molecule has 1 heterocycles. The zero-order valence-corrected chi connectivity index (χ0v) is 16.4. The molecule has 0 fully saturated rings. The molecule has 0 aromatic heterocycles. The van der Waals surface area contributed by atoms with Crippen molar-refractivity contribution < 1.29 is 17.9 Å². The molecule has 0 N–H and O–H groups in total. The van der Waals surface area contributed by atoms with Crippen LogP contribution in [0, 0.1) is 11.3 Å². The second-order valence-electron chi connectivity index (χ2n) is 7.41. The summed E-state index contributed by atoms with van der Waals surface area (Å²) in [7, 11) is -2.08. The summed E-state index contributed by atoms with van der Waals surface area (Å²) in [5.41, 5.74) is 1.19. The molecule has 0 saturated heterocycles. The molecule has 2 aromatic carbocycles. The van der Waals surface area contributed by atoms with Crippen LogP contribution in [0.2, 0.25) is 0 Å². The summed E-state index contributed by atoms with van der Waals surface area (Å²) in [5.74, 6) is -0.451. The maximum atomic E-state index is 13.2. The number of hydrogen-bond acceptors (Lipinski definition) is 5. The van der Waals surface area contributed by atoms with Crippen molar-refractivity contribution in [1.82, 2.24) is 0 Å². The number of methoxy groups -OCH3 is 1. The summed E-state index contributed by atoms with van der Waals surface area (Å²) in [4.78, 5) is 14.5. The molecule has 1 aliphatic heterocycles. The molecule has 1 aliphatic rings. The maximum Gasteiger partial charge on any atom is 0.259 e. The summed E-state index contributed by atoms with van der Waals surface area (Å²) in [6.07, 6.45) is 0. The standard InChI is InChI=1S/C20H20N2O4S/c1-20(2,3)15-10-13(9-14(11-21)18(15)26-4)19(23)22-12-27(24,25)17-8-6-5-7-16(17)22/h5-10H,12H2,1-4H3. The number of carbonyl (C=O) groups excluding carboxylic acids is 1. The van der Waals surface area contributed by atoms with E-state index in [2.05, 4.69) is 6.07 Å². The van der Waals surface area contributed by atoms with Gasteiger partial charge in [-0.25, -0.2) is 8.42 Å². The summed E-state index contributed by atoms with van der Waals surface area (Å²) in [5, 5.41) is 9.50. The van der Waals surface area contributed by atoms with E-state index in [1.165, 1.54) is 24.1 Å². The van der Waals surface area contributed by atoms with Crippen molar-refractivity contribution in [2.45, 2.75) is 31.1 Å². The molecule has 1 amide bonds. The van der Waals surface area contributed by atoms with E-state index in [0.717, 1.165) is 0 Å². The van der Waals surface area contributed by atoms with Gasteiger partial charge in [0.05, 0.1) is 23.3 Å². The highest BCUT2D eigenvalue weighted by Gasteiger charge is 2.36. The van der Waals surface area contributed by atoms with Crippen molar-refractivity contribution in [1.29, 1.82) is 5.26 Å². The zero-order valence-electron chi connectivity index (χ0n) is 15.6. The average molecular weight is 384 g/mol. The van der Waals surface area contributed by atoms with Gasteiger partial charge in [-0.2, -0.15) is 5.26 Å². The number of amides is 1. The largest absolute Gasteiger partial charge is 0.495 e. The van der Waals surface area contributed by atoms with E-state index in [0.29, 0.717) is 17.0 Å². The van der Waals surface area contributed by atoms with Gasteiger partial charge in [0.15, 0.2) is 9.84 Å². The van der Waals surface area contributed by atoms with Crippen molar-refractivity contribution in [2.24, 2.45) is 0 Å². The highest BCUT2D eigenvalue weighted by molar-refractivity contribution is 7.92. The quantitative estimate of drug-likeness (QED) is 0.793. The summed E-state index contributed by atoms with van der Waals surface area (Å²) >= 11 is 0. The third-order valence-electron chi connectivity index (χ3n) is 4.50. The normalized spacial score (nSPS) is 15.1. The molecule has 0 radical (unpaired) electrons. The lowest BCUT2D eigenvalue weighted by Gasteiger charge is -2.24. The number of nitriles is 1. The topological polar surface area (TPSA) is 87.5 Å². The lowest BCUT2D eigenvalue weighted by atomic mass is 9.84. The number of nitrogens with zero attached hydrogens (tertiary/aromatic N) is 2. The average Bonchev–Trinajstić information content (AvgIpc) is 2.90. The van der Waals surface area contributed by atoms with Gasteiger partial charge in [-0.15, -0.1) is 0 Å². The molecule has 0 bridgehead atoms. The number of hydrogen-bond donors (Lipinski definition) is 0. The second-order valence-corrected chi connectivity index (χ2v) is 9.34. The van der Waals surface area contributed by atoms with Crippen LogP contribution in [-0.4, -0.2) is 27.3 Å². The Morgan fingerprint density at radius 2 is 1.89 bits per heavy atom. The number of rotatable bonds is 2. The third kappa shape index (κ3) is 3.17. The van der Waals surface area contributed by atoms with Crippen LogP contribution >= 0.6 is 0 Å². The van der Waals surface area contributed by atoms with Crippen LogP contribution in [0.4, 0.5) is 5.69 Å². The Labute approximate surface area is 158 Å². The molecule has 7 heteroatoms. The predicted molar refractivity (Wildman–Crippen MR) is 102 cm³/mol. The van der Waals surface area contributed by atoms with Crippen molar-refractivity contribution in [2.75, 3.05) is 17.9 Å². The third-order valence-corrected chi connectivity index (χ3v) is 6.12. The van der Waals surface area contributed by atoms with Gasteiger partial charge in [-0.3, -0.25) is 9.69 Å². The fraction of sp³-hybridized carbons (Fsp3) is 0.300. The molecular formula is C20H20N2O4S. The lowest BCUT2D eigenvalue weighted by Crippen LogP contribution is -2.31. The number of benzene rings is 2. The van der Waals surface area contributed by atoms with E-state index >= 15 is 0 Å². The smallest absolute Gasteiger partial charge is 0.259 e. The highest BCUT2D eigenvalue weighted by atomic mass is 32.2. The summed E-state index contributed by atoms with van der Waals surface area (Å²) < 4.78 is 30.2. The Bertz CT molecular complexity index is 1080. The minimum atomic E-state index is -3.56. The van der Waals surface area contributed by atoms with E-state index in [4.69, 9.17) is 4.74 Å². The van der Waals surface area contributed by atoms with Gasteiger partial charge in [0.2, 0.25) is 0 Å². The van der Waals surface area contributed by atoms with Crippen LogP contribution in [0.5, 0.6) is 5.75 Å². The monoisotopic (exact) mass is 384 g/mol. The van der Waals surface area contributed by atoms with E-state index in [9.17, 15) is 18.5 Å². The number of sulfone groups is 1. The van der Waals surface area contributed by atoms with Crippen LogP contribution in [-0.2, 0) is 15.3 Å². The minimum absolute atomic E-state index is 0.142. The highest BCUT2D eigenvalue weighted by Crippen LogP contribution is 2.38. The van der Waals surface area contributed by atoms with Gasteiger partial charge in [-0.05, 0) is 29.7 Å². The SMILES string of the molecule is COc1c(C#N)cc(C(=O)N2CS(=O)(=O)c3ccccc32)cc1C(C)(C)C. The first-order valence-electron chi connectivity index (χ1n) is 8.36. The van der Waals surface area contributed by atoms with Crippen LogP contribution in [0.25, 0.3) is 0 Å². The van der Waals surface area contributed by atoms with Crippen molar-refractivity contribution in [3.8, 4) is 11.8 Å². The van der Waals surface area contributed by atoms with Crippen molar-refractivity contribution in [3.63, 3.8) is 0 Å². The number of carbonyl (C=O) groups is 1. The fourth-order valence-electron chi connectivity index (χ4n) is 3.19. The van der Waals surface area contributed by atoms with Gasteiger partial charge in [0.1, 0.15) is 17.7 Å². The second kappa shape index (κ2) is 6.39. The molecule has 0 spiro atoms. The van der Waals surface area contributed by atoms with E-state index in [1.807, 2.05) is 20.8 Å². The molecule has 140 valence electrons. The van der Waals surface area contributed by atoms with Crippen LogP contribution in [0.1, 0.15) is 42.3 Å². The Morgan fingerprint density at radius 3 is 2.48 bits per heavy atom. The number of ether oxygens (including phenoxy) is 1. The Balaban J connectivity index is 2.16. The maximum absolute atomic E-state index is 13.2. The van der Waals surface area contributed by atoms with Crippen molar-refractivity contribution in [3.05, 3.63) is 53.1 Å². The molecule has 6 nitrogen and oxygen atoms in total. The fourth-order valence-corrected chi connectivity index (χ4v) is 4.71. The van der Waals surface area contributed by atoms with Gasteiger partial charge >= 0.3 is 0 Å². The molecule has 0 aliphatic carbocycles. The Kier molecular flexibility index (Phi) is 4.48. The predicted octanol–water partition coefficient (Wildman–Crippen LogP) is 3.26. The minimum Gasteiger partial charge on any atom is -0.495 e. The van der Waals surface area contributed by atoms with Crippen molar-refractivity contribution >= 4 is 21.4 Å².